The number of allylic oxidation sites excluding steroid dienone is 2. The first-order chi connectivity index (χ1) is 12.0. The monoisotopic (exact) mass is 341 g/mol. The van der Waals surface area contributed by atoms with Crippen LogP contribution in [0, 0.1) is 23.0 Å². The number of benzene rings is 2. The van der Waals surface area contributed by atoms with Gasteiger partial charge in [0.15, 0.2) is 0 Å². The van der Waals surface area contributed by atoms with Crippen molar-refractivity contribution >= 4 is 5.97 Å². The van der Waals surface area contributed by atoms with Crippen molar-refractivity contribution in [2.75, 3.05) is 0 Å². The number of rotatable bonds is 6. The third-order valence-corrected chi connectivity index (χ3v) is 3.50. The van der Waals surface area contributed by atoms with Crippen LogP contribution in [0.4, 0.5) is 8.78 Å². The van der Waals surface area contributed by atoms with E-state index in [1.165, 1.54) is 24.3 Å². The van der Waals surface area contributed by atoms with Crippen LogP contribution in [0.5, 0.6) is 5.75 Å². The fourth-order valence-electron chi connectivity index (χ4n) is 2.26. The standard InChI is InChI=1S/C20H17F2NO2/c1-2-3-4-5-6-15-11-17(21)19(18(22)12-15)20(24)25-16-9-7-14(13-23)8-10-16/h3-4,7-12H,2,5-6H2,1H3. The van der Waals surface area contributed by atoms with Crippen LogP contribution in [-0.4, -0.2) is 5.97 Å². The minimum Gasteiger partial charge on any atom is -0.423 e. The first-order valence-corrected chi connectivity index (χ1v) is 7.90. The Labute approximate surface area is 145 Å². The summed E-state index contributed by atoms with van der Waals surface area (Å²) >= 11 is 0. The van der Waals surface area contributed by atoms with E-state index in [9.17, 15) is 13.6 Å². The van der Waals surface area contributed by atoms with Crippen molar-refractivity contribution in [3.05, 3.63) is 76.9 Å². The van der Waals surface area contributed by atoms with Crippen LogP contribution in [0.15, 0.2) is 48.6 Å². The van der Waals surface area contributed by atoms with Crippen LogP contribution in [0.3, 0.4) is 0 Å². The van der Waals surface area contributed by atoms with Crippen LogP contribution in [0.1, 0.15) is 41.3 Å². The molecule has 0 aliphatic carbocycles. The van der Waals surface area contributed by atoms with Gasteiger partial charge in [-0.25, -0.2) is 13.6 Å². The molecule has 0 aliphatic heterocycles. The van der Waals surface area contributed by atoms with Gasteiger partial charge >= 0.3 is 5.97 Å². The highest BCUT2D eigenvalue weighted by Gasteiger charge is 2.20. The molecule has 0 heterocycles. The number of halogens is 2. The molecule has 128 valence electrons. The maximum atomic E-state index is 14.2. The van der Waals surface area contributed by atoms with Gasteiger partial charge in [0.2, 0.25) is 0 Å². The van der Waals surface area contributed by atoms with Crippen LogP contribution >= 0.6 is 0 Å². The van der Waals surface area contributed by atoms with E-state index in [2.05, 4.69) is 0 Å². The number of hydrogen-bond donors (Lipinski definition) is 0. The summed E-state index contributed by atoms with van der Waals surface area (Å²) in [4.78, 5) is 12.0. The number of nitriles is 1. The van der Waals surface area contributed by atoms with E-state index in [1.54, 1.807) is 0 Å². The number of carbonyl (C=O) groups is 1. The minimum absolute atomic E-state index is 0.108. The molecule has 0 aromatic heterocycles. The lowest BCUT2D eigenvalue weighted by Gasteiger charge is -2.08. The van der Waals surface area contributed by atoms with Gasteiger partial charge in [-0.2, -0.15) is 5.26 Å². The zero-order chi connectivity index (χ0) is 18.2. The zero-order valence-electron chi connectivity index (χ0n) is 13.8. The predicted octanol–water partition coefficient (Wildman–Crippen LogP) is 4.95. The highest BCUT2D eigenvalue weighted by atomic mass is 19.1. The average molecular weight is 341 g/mol. The van der Waals surface area contributed by atoms with E-state index in [4.69, 9.17) is 10.00 Å². The van der Waals surface area contributed by atoms with Crippen LogP contribution < -0.4 is 4.74 Å². The van der Waals surface area contributed by atoms with Crippen LogP contribution in [0.2, 0.25) is 0 Å². The van der Waals surface area contributed by atoms with Crippen molar-refractivity contribution in [2.45, 2.75) is 26.2 Å². The van der Waals surface area contributed by atoms with Gasteiger partial charge < -0.3 is 4.74 Å². The Morgan fingerprint density at radius 1 is 1.16 bits per heavy atom. The molecule has 0 unspecified atom stereocenters. The van der Waals surface area contributed by atoms with Gasteiger partial charge in [-0.1, -0.05) is 19.1 Å². The van der Waals surface area contributed by atoms with Gasteiger partial charge in [0, 0.05) is 0 Å². The quantitative estimate of drug-likeness (QED) is 0.424. The number of hydrogen-bond acceptors (Lipinski definition) is 3. The van der Waals surface area contributed by atoms with Gasteiger partial charge in [0.25, 0.3) is 0 Å². The molecule has 3 nitrogen and oxygen atoms in total. The van der Waals surface area contributed by atoms with Gasteiger partial charge in [-0.15, -0.1) is 0 Å². The number of nitrogens with zero attached hydrogens (tertiary/aromatic N) is 1. The highest BCUT2D eigenvalue weighted by Crippen LogP contribution is 2.20. The van der Waals surface area contributed by atoms with Crippen molar-refractivity contribution in [3.63, 3.8) is 0 Å². The van der Waals surface area contributed by atoms with E-state index >= 15 is 0 Å². The molecule has 0 saturated heterocycles. The van der Waals surface area contributed by atoms with Crippen LogP contribution in [-0.2, 0) is 6.42 Å². The molecule has 0 radical (unpaired) electrons. The Balaban J connectivity index is 2.13. The summed E-state index contributed by atoms with van der Waals surface area (Å²) in [6.45, 7) is 2.00. The zero-order valence-corrected chi connectivity index (χ0v) is 13.8. The number of carbonyl (C=O) groups excluding carboxylic acids is 1. The molecule has 0 spiro atoms. The third-order valence-electron chi connectivity index (χ3n) is 3.50. The molecule has 2 aromatic carbocycles. The first-order valence-electron chi connectivity index (χ1n) is 7.90. The second-order valence-corrected chi connectivity index (χ2v) is 5.38. The summed E-state index contributed by atoms with van der Waals surface area (Å²) in [5.41, 5.74) is 0.140. The summed E-state index contributed by atoms with van der Waals surface area (Å²) < 4.78 is 33.3. The Morgan fingerprint density at radius 2 is 1.80 bits per heavy atom. The van der Waals surface area contributed by atoms with Gasteiger partial charge in [0.05, 0.1) is 11.6 Å². The Hall–Kier alpha value is -3.00. The second-order valence-electron chi connectivity index (χ2n) is 5.38. The van der Waals surface area contributed by atoms with Crippen molar-refractivity contribution < 1.29 is 18.3 Å². The Kier molecular flexibility index (Phi) is 6.41. The summed E-state index contributed by atoms with van der Waals surface area (Å²) in [6.07, 6.45) is 5.98. The minimum atomic E-state index is -1.11. The van der Waals surface area contributed by atoms with E-state index in [0.29, 0.717) is 24.0 Å². The fourth-order valence-corrected chi connectivity index (χ4v) is 2.26. The van der Waals surface area contributed by atoms with Crippen molar-refractivity contribution in [1.82, 2.24) is 0 Å². The summed E-state index contributed by atoms with van der Waals surface area (Å²) in [5, 5.41) is 8.72. The molecular weight excluding hydrogens is 324 g/mol. The Morgan fingerprint density at radius 3 is 2.36 bits per heavy atom. The lowest BCUT2D eigenvalue weighted by atomic mass is 10.1. The van der Waals surface area contributed by atoms with E-state index < -0.39 is 23.2 Å². The summed E-state index contributed by atoms with van der Waals surface area (Å²) in [7, 11) is 0. The smallest absolute Gasteiger partial charge is 0.349 e. The molecule has 0 saturated carbocycles. The van der Waals surface area contributed by atoms with Gasteiger partial charge in [0.1, 0.15) is 22.9 Å². The lowest BCUT2D eigenvalue weighted by Crippen LogP contribution is -2.13. The molecule has 0 fully saturated rings. The number of ether oxygens (including phenoxy) is 1. The van der Waals surface area contributed by atoms with Crippen LogP contribution in [0.25, 0.3) is 0 Å². The molecule has 0 aliphatic rings. The topological polar surface area (TPSA) is 50.1 Å². The van der Waals surface area contributed by atoms with E-state index in [1.807, 2.05) is 25.1 Å². The van der Waals surface area contributed by atoms with Crippen molar-refractivity contribution in [2.24, 2.45) is 0 Å². The second kappa shape index (κ2) is 8.74. The number of esters is 1. The summed E-state index contributed by atoms with van der Waals surface area (Å²) in [5.74, 6) is -2.91. The normalized spacial score (nSPS) is 10.6. The molecule has 0 atom stereocenters. The van der Waals surface area contributed by atoms with Gasteiger partial charge in [-0.3, -0.25) is 0 Å². The molecular formula is C20H17F2NO2. The predicted molar refractivity (Wildman–Crippen MR) is 90.2 cm³/mol. The number of aryl methyl sites for hydroxylation is 1. The SMILES string of the molecule is CCC=CCCc1cc(F)c(C(=O)Oc2ccc(C#N)cc2)c(F)c1. The summed E-state index contributed by atoms with van der Waals surface area (Å²) in [6, 6.07) is 9.90. The third kappa shape index (κ3) is 4.98. The molecule has 2 rings (SSSR count). The molecule has 0 bridgehead atoms. The molecule has 25 heavy (non-hydrogen) atoms. The van der Waals surface area contributed by atoms with E-state index in [0.717, 1.165) is 18.6 Å². The fraction of sp³-hybridized carbons (Fsp3) is 0.200. The van der Waals surface area contributed by atoms with Crippen molar-refractivity contribution in [1.29, 1.82) is 5.26 Å². The largest absolute Gasteiger partial charge is 0.423 e. The molecule has 5 heteroatoms. The van der Waals surface area contributed by atoms with E-state index in [-0.39, 0.29) is 5.75 Å². The van der Waals surface area contributed by atoms with Crippen molar-refractivity contribution in [3.8, 4) is 11.8 Å². The first kappa shape index (κ1) is 18.3. The lowest BCUT2D eigenvalue weighted by molar-refractivity contribution is 0.0724. The van der Waals surface area contributed by atoms with Gasteiger partial charge in [-0.05, 0) is 61.2 Å². The molecule has 2 aromatic rings. The molecule has 0 amide bonds. The average Bonchev–Trinajstić information content (AvgIpc) is 2.59. The highest BCUT2D eigenvalue weighted by molar-refractivity contribution is 5.91. The Bertz CT molecular complexity index is 798. The maximum absolute atomic E-state index is 14.2. The maximum Gasteiger partial charge on any atom is 0.349 e. The molecule has 0 N–H and O–H groups in total.